The highest BCUT2D eigenvalue weighted by Crippen LogP contribution is 2.20. The zero-order valence-electron chi connectivity index (χ0n) is 10.8. The molecule has 0 radical (unpaired) electrons. The molecular formula is C16H13FN2O. The van der Waals surface area contributed by atoms with Crippen molar-refractivity contribution in [2.75, 3.05) is 6.61 Å². The summed E-state index contributed by atoms with van der Waals surface area (Å²) in [4.78, 5) is 8.30. The van der Waals surface area contributed by atoms with Crippen LogP contribution in [0.25, 0.3) is 10.9 Å². The fraction of sp³-hybridized carbons (Fsp3) is 0.125. The number of halogens is 1. The van der Waals surface area contributed by atoms with Crippen LogP contribution in [0.1, 0.15) is 5.56 Å². The van der Waals surface area contributed by atoms with Crippen LogP contribution in [-0.2, 0) is 6.42 Å². The van der Waals surface area contributed by atoms with E-state index < -0.39 is 0 Å². The average molecular weight is 268 g/mol. The Kier molecular flexibility index (Phi) is 3.54. The molecule has 0 bridgehead atoms. The minimum absolute atomic E-state index is 0.205. The van der Waals surface area contributed by atoms with Crippen LogP contribution in [-0.4, -0.2) is 16.6 Å². The molecule has 0 unspecified atom stereocenters. The maximum Gasteiger partial charge on any atom is 0.224 e. The third-order valence-corrected chi connectivity index (χ3v) is 3.07. The van der Waals surface area contributed by atoms with Gasteiger partial charge in [0.1, 0.15) is 12.1 Å². The molecule has 2 aromatic carbocycles. The molecule has 100 valence electrons. The minimum Gasteiger partial charge on any atom is -0.477 e. The number of benzene rings is 2. The van der Waals surface area contributed by atoms with E-state index in [1.54, 1.807) is 12.1 Å². The molecule has 0 fully saturated rings. The van der Waals surface area contributed by atoms with Crippen molar-refractivity contribution < 1.29 is 9.13 Å². The van der Waals surface area contributed by atoms with Crippen molar-refractivity contribution in [1.82, 2.24) is 9.97 Å². The van der Waals surface area contributed by atoms with Crippen LogP contribution in [0, 0.1) is 5.82 Å². The Morgan fingerprint density at radius 2 is 1.75 bits per heavy atom. The SMILES string of the molecule is Fc1ccccc1CCOc1ncnc2ccccc12. The molecule has 0 saturated heterocycles. The van der Waals surface area contributed by atoms with E-state index in [0.717, 1.165) is 10.9 Å². The molecule has 0 aliphatic rings. The lowest BCUT2D eigenvalue weighted by atomic mass is 10.1. The molecule has 0 N–H and O–H groups in total. The van der Waals surface area contributed by atoms with Crippen LogP contribution in [0.2, 0.25) is 0 Å². The highest BCUT2D eigenvalue weighted by Gasteiger charge is 2.05. The van der Waals surface area contributed by atoms with Gasteiger partial charge in [0.05, 0.1) is 17.5 Å². The van der Waals surface area contributed by atoms with E-state index in [1.165, 1.54) is 12.4 Å². The Balaban J connectivity index is 1.73. The molecule has 0 atom stereocenters. The van der Waals surface area contributed by atoms with E-state index in [9.17, 15) is 4.39 Å². The Hall–Kier alpha value is -2.49. The van der Waals surface area contributed by atoms with Gasteiger partial charge in [-0.15, -0.1) is 0 Å². The van der Waals surface area contributed by atoms with Gasteiger partial charge in [-0.1, -0.05) is 30.3 Å². The third-order valence-electron chi connectivity index (χ3n) is 3.07. The molecule has 3 rings (SSSR count). The monoisotopic (exact) mass is 268 g/mol. The van der Waals surface area contributed by atoms with Crippen molar-refractivity contribution in [1.29, 1.82) is 0 Å². The Morgan fingerprint density at radius 3 is 2.65 bits per heavy atom. The van der Waals surface area contributed by atoms with Gasteiger partial charge in [0.15, 0.2) is 0 Å². The summed E-state index contributed by atoms with van der Waals surface area (Å²) in [6.45, 7) is 0.377. The predicted octanol–water partition coefficient (Wildman–Crippen LogP) is 3.39. The Bertz CT molecular complexity index is 725. The van der Waals surface area contributed by atoms with E-state index in [1.807, 2.05) is 30.3 Å². The number of fused-ring (bicyclic) bond motifs is 1. The van der Waals surface area contributed by atoms with Gasteiger partial charge >= 0.3 is 0 Å². The molecule has 0 spiro atoms. The smallest absolute Gasteiger partial charge is 0.224 e. The van der Waals surface area contributed by atoms with Crippen molar-refractivity contribution in [3.63, 3.8) is 0 Å². The summed E-state index contributed by atoms with van der Waals surface area (Å²) < 4.78 is 19.1. The molecule has 3 nitrogen and oxygen atoms in total. The number of hydrogen-bond acceptors (Lipinski definition) is 3. The lowest BCUT2D eigenvalue weighted by Gasteiger charge is -2.08. The third kappa shape index (κ3) is 2.59. The Morgan fingerprint density at radius 1 is 0.950 bits per heavy atom. The summed E-state index contributed by atoms with van der Waals surface area (Å²) in [5.74, 6) is 0.329. The second-order valence-corrected chi connectivity index (χ2v) is 4.39. The normalized spacial score (nSPS) is 10.7. The summed E-state index contributed by atoms with van der Waals surface area (Å²) in [6.07, 6.45) is 1.98. The van der Waals surface area contributed by atoms with Crippen LogP contribution in [0.5, 0.6) is 5.88 Å². The fourth-order valence-electron chi connectivity index (χ4n) is 2.05. The van der Waals surface area contributed by atoms with Gasteiger partial charge in [-0.2, -0.15) is 0 Å². The minimum atomic E-state index is -0.205. The van der Waals surface area contributed by atoms with Crippen molar-refractivity contribution in [2.24, 2.45) is 0 Å². The van der Waals surface area contributed by atoms with Gasteiger partial charge in [-0.05, 0) is 23.8 Å². The number of nitrogens with zero attached hydrogens (tertiary/aromatic N) is 2. The molecule has 0 aliphatic heterocycles. The second-order valence-electron chi connectivity index (χ2n) is 4.39. The number of aromatic nitrogens is 2. The van der Waals surface area contributed by atoms with Crippen LogP contribution in [0.15, 0.2) is 54.9 Å². The summed E-state index contributed by atoms with van der Waals surface area (Å²) in [6, 6.07) is 14.4. The molecule has 3 aromatic rings. The number of hydrogen-bond donors (Lipinski definition) is 0. The first-order chi connectivity index (χ1) is 9.84. The topological polar surface area (TPSA) is 35.0 Å². The lowest BCUT2D eigenvalue weighted by Crippen LogP contribution is -2.04. The predicted molar refractivity (Wildman–Crippen MR) is 75.1 cm³/mol. The fourth-order valence-corrected chi connectivity index (χ4v) is 2.05. The molecule has 20 heavy (non-hydrogen) atoms. The van der Waals surface area contributed by atoms with Gasteiger partial charge in [-0.25, -0.2) is 14.4 Å². The summed E-state index contributed by atoms with van der Waals surface area (Å²) >= 11 is 0. The average Bonchev–Trinajstić information content (AvgIpc) is 2.49. The highest BCUT2D eigenvalue weighted by molar-refractivity contribution is 5.82. The van der Waals surface area contributed by atoms with Crippen molar-refractivity contribution in [3.8, 4) is 5.88 Å². The van der Waals surface area contributed by atoms with Crippen LogP contribution in [0.3, 0.4) is 0 Å². The highest BCUT2D eigenvalue weighted by atomic mass is 19.1. The largest absolute Gasteiger partial charge is 0.477 e. The zero-order valence-corrected chi connectivity index (χ0v) is 10.8. The zero-order chi connectivity index (χ0) is 13.8. The van der Waals surface area contributed by atoms with Crippen molar-refractivity contribution in [2.45, 2.75) is 6.42 Å². The molecule has 0 saturated carbocycles. The van der Waals surface area contributed by atoms with Gasteiger partial charge < -0.3 is 4.74 Å². The number of ether oxygens (including phenoxy) is 1. The van der Waals surface area contributed by atoms with Crippen LogP contribution in [0.4, 0.5) is 4.39 Å². The van der Waals surface area contributed by atoms with E-state index in [0.29, 0.717) is 24.5 Å². The molecule has 0 aliphatic carbocycles. The van der Waals surface area contributed by atoms with E-state index in [-0.39, 0.29) is 5.82 Å². The van der Waals surface area contributed by atoms with E-state index in [4.69, 9.17) is 4.74 Å². The van der Waals surface area contributed by atoms with E-state index >= 15 is 0 Å². The van der Waals surface area contributed by atoms with Crippen molar-refractivity contribution >= 4 is 10.9 Å². The standard InChI is InChI=1S/C16H13FN2O/c17-14-7-3-1-5-12(14)9-10-20-16-13-6-2-4-8-15(13)18-11-19-16/h1-8,11H,9-10H2. The first-order valence-electron chi connectivity index (χ1n) is 6.40. The maximum atomic E-state index is 13.5. The van der Waals surface area contributed by atoms with E-state index in [2.05, 4.69) is 9.97 Å². The van der Waals surface area contributed by atoms with Gasteiger partial charge in [0, 0.05) is 6.42 Å². The Labute approximate surface area is 116 Å². The molecule has 1 heterocycles. The first kappa shape index (κ1) is 12.5. The summed E-state index contributed by atoms with van der Waals surface area (Å²) in [5, 5.41) is 0.864. The number of rotatable bonds is 4. The molecular weight excluding hydrogens is 255 g/mol. The van der Waals surface area contributed by atoms with Crippen LogP contribution < -0.4 is 4.74 Å². The quantitative estimate of drug-likeness (QED) is 0.727. The van der Waals surface area contributed by atoms with Crippen molar-refractivity contribution in [3.05, 3.63) is 66.2 Å². The molecule has 0 amide bonds. The van der Waals surface area contributed by atoms with Crippen LogP contribution >= 0.6 is 0 Å². The number of para-hydroxylation sites is 1. The maximum absolute atomic E-state index is 13.5. The van der Waals surface area contributed by atoms with Gasteiger partial charge in [0.25, 0.3) is 0 Å². The lowest BCUT2D eigenvalue weighted by molar-refractivity contribution is 0.311. The summed E-state index contributed by atoms with van der Waals surface area (Å²) in [7, 11) is 0. The summed E-state index contributed by atoms with van der Waals surface area (Å²) in [5.41, 5.74) is 1.48. The van der Waals surface area contributed by atoms with Gasteiger partial charge in [-0.3, -0.25) is 0 Å². The van der Waals surface area contributed by atoms with Gasteiger partial charge in [0.2, 0.25) is 5.88 Å². The molecule has 1 aromatic heterocycles. The second kappa shape index (κ2) is 5.65. The first-order valence-corrected chi connectivity index (χ1v) is 6.40. The molecule has 4 heteroatoms.